The second kappa shape index (κ2) is 6.44. The lowest BCUT2D eigenvalue weighted by Gasteiger charge is -2.27. The first-order valence-corrected chi connectivity index (χ1v) is 4.96. The van der Waals surface area contributed by atoms with Crippen LogP contribution in [0.3, 0.4) is 0 Å². The molecular weight excluding hydrogens is 150 g/mol. The van der Waals surface area contributed by atoms with E-state index in [2.05, 4.69) is 13.8 Å². The van der Waals surface area contributed by atoms with E-state index in [0.717, 1.165) is 25.9 Å². The molecule has 0 bridgehead atoms. The fraction of sp³-hybridized carbons (Fsp3) is 1.00. The van der Waals surface area contributed by atoms with Crippen molar-refractivity contribution < 1.29 is 4.74 Å². The first-order valence-electron chi connectivity index (χ1n) is 4.96. The third kappa shape index (κ3) is 4.73. The Morgan fingerprint density at radius 1 is 1.25 bits per heavy atom. The van der Waals surface area contributed by atoms with E-state index >= 15 is 0 Å². The zero-order chi connectivity index (χ0) is 9.45. The van der Waals surface area contributed by atoms with Crippen LogP contribution in [0.1, 0.15) is 46.0 Å². The highest BCUT2D eigenvalue weighted by Gasteiger charge is 2.20. The Hall–Kier alpha value is -0.0800. The largest absolute Gasteiger partial charge is 0.385 e. The Kier molecular flexibility index (Phi) is 6.39. The maximum Gasteiger partial charge on any atom is 0.0479 e. The van der Waals surface area contributed by atoms with Gasteiger partial charge in [0.25, 0.3) is 0 Å². The minimum Gasteiger partial charge on any atom is -0.385 e. The molecule has 0 heterocycles. The molecule has 0 aromatic carbocycles. The van der Waals surface area contributed by atoms with Gasteiger partial charge in [-0.3, -0.25) is 0 Å². The van der Waals surface area contributed by atoms with E-state index in [9.17, 15) is 0 Å². The molecule has 74 valence electrons. The number of methoxy groups -OCH3 is 1. The molecule has 2 heteroatoms. The second-order valence-corrected chi connectivity index (χ2v) is 3.56. The minimum absolute atomic E-state index is 0.0199. The summed E-state index contributed by atoms with van der Waals surface area (Å²) in [6, 6.07) is 0. The summed E-state index contributed by atoms with van der Waals surface area (Å²) in [4.78, 5) is 0. The normalized spacial score (nSPS) is 16.0. The van der Waals surface area contributed by atoms with Gasteiger partial charge in [-0.1, -0.05) is 26.7 Å². The van der Waals surface area contributed by atoms with Crippen molar-refractivity contribution in [3.8, 4) is 0 Å². The number of hydrogen-bond donors (Lipinski definition) is 1. The lowest BCUT2D eigenvalue weighted by atomic mass is 9.88. The van der Waals surface area contributed by atoms with Gasteiger partial charge < -0.3 is 10.5 Å². The molecule has 0 aromatic heterocycles. The lowest BCUT2D eigenvalue weighted by Crippen LogP contribution is -2.40. The van der Waals surface area contributed by atoms with Crippen molar-refractivity contribution in [2.75, 3.05) is 13.7 Å². The van der Waals surface area contributed by atoms with Gasteiger partial charge in [-0.2, -0.15) is 0 Å². The zero-order valence-corrected chi connectivity index (χ0v) is 8.73. The molecule has 2 N–H and O–H groups in total. The molecule has 0 saturated carbocycles. The lowest BCUT2D eigenvalue weighted by molar-refractivity contribution is 0.161. The van der Waals surface area contributed by atoms with Gasteiger partial charge in [0.15, 0.2) is 0 Å². The summed E-state index contributed by atoms with van der Waals surface area (Å²) < 4.78 is 5.04. The van der Waals surface area contributed by atoms with Gasteiger partial charge in [0.05, 0.1) is 0 Å². The van der Waals surface area contributed by atoms with E-state index in [1.807, 2.05) is 0 Å². The third-order valence-corrected chi connectivity index (χ3v) is 2.54. The predicted molar refractivity (Wildman–Crippen MR) is 53.2 cm³/mol. The number of unbranched alkanes of at least 4 members (excludes halogenated alkanes) is 1. The van der Waals surface area contributed by atoms with Crippen LogP contribution in [-0.4, -0.2) is 19.3 Å². The van der Waals surface area contributed by atoms with Crippen LogP contribution in [0.25, 0.3) is 0 Å². The fourth-order valence-corrected chi connectivity index (χ4v) is 1.31. The molecule has 0 aromatic rings. The van der Waals surface area contributed by atoms with E-state index in [1.54, 1.807) is 7.11 Å². The molecule has 0 fully saturated rings. The highest BCUT2D eigenvalue weighted by atomic mass is 16.5. The second-order valence-electron chi connectivity index (χ2n) is 3.56. The first kappa shape index (κ1) is 11.9. The van der Waals surface area contributed by atoms with Gasteiger partial charge in [-0.25, -0.2) is 0 Å². The van der Waals surface area contributed by atoms with E-state index in [1.165, 1.54) is 12.8 Å². The Labute approximate surface area is 76.5 Å². The van der Waals surface area contributed by atoms with E-state index in [4.69, 9.17) is 10.5 Å². The van der Waals surface area contributed by atoms with Gasteiger partial charge >= 0.3 is 0 Å². The molecule has 0 aliphatic heterocycles. The molecule has 0 amide bonds. The third-order valence-electron chi connectivity index (χ3n) is 2.54. The quantitative estimate of drug-likeness (QED) is 0.641. The van der Waals surface area contributed by atoms with E-state index in [-0.39, 0.29) is 5.54 Å². The van der Waals surface area contributed by atoms with Crippen molar-refractivity contribution in [1.82, 2.24) is 0 Å². The monoisotopic (exact) mass is 173 g/mol. The minimum atomic E-state index is 0.0199. The average Bonchev–Trinajstić information content (AvgIpc) is 2.11. The van der Waals surface area contributed by atoms with Gasteiger partial charge in [0, 0.05) is 19.3 Å². The topological polar surface area (TPSA) is 35.2 Å². The summed E-state index contributed by atoms with van der Waals surface area (Å²) >= 11 is 0. The summed E-state index contributed by atoms with van der Waals surface area (Å²) in [5.41, 5.74) is 6.21. The highest BCUT2D eigenvalue weighted by Crippen LogP contribution is 2.19. The summed E-state index contributed by atoms with van der Waals surface area (Å²) in [7, 11) is 1.73. The van der Waals surface area contributed by atoms with Crippen molar-refractivity contribution in [2.45, 2.75) is 51.5 Å². The van der Waals surface area contributed by atoms with Crippen LogP contribution in [0.15, 0.2) is 0 Å². The number of hydrogen-bond acceptors (Lipinski definition) is 2. The molecule has 0 rings (SSSR count). The molecule has 12 heavy (non-hydrogen) atoms. The number of ether oxygens (including phenoxy) is 1. The highest BCUT2D eigenvalue weighted by molar-refractivity contribution is 4.81. The van der Waals surface area contributed by atoms with Gasteiger partial charge in [-0.05, 0) is 19.3 Å². The molecular formula is C10H23NO. The molecule has 2 nitrogen and oxygen atoms in total. The van der Waals surface area contributed by atoms with Crippen molar-refractivity contribution in [2.24, 2.45) is 5.73 Å². The maximum absolute atomic E-state index is 6.19. The van der Waals surface area contributed by atoms with E-state index in [0.29, 0.717) is 0 Å². The summed E-state index contributed by atoms with van der Waals surface area (Å²) in [6.45, 7) is 5.14. The molecule has 1 atom stereocenters. The van der Waals surface area contributed by atoms with Crippen LogP contribution < -0.4 is 5.73 Å². The van der Waals surface area contributed by atoms with Crippen LogP contribution >= 0.6 is 0 Å². The standard InChI is InChI=1S/C10H23NO/c1-4-6-7-10(11,5-2)8-9-12-3/h4-9,11H2,1-3H3. The summed E-state index contributed by atoms with van der Waals surface area (Å²) in [5.74, 6) is 0. The average molecular weight is 173 g/mol. The molecule has 0 saturated heterocycles. The smallest absolute Gasteiger partial charge is 0.0479 e. The fourth-order valence-electron chi connectivity index (χ4n) is 1.31. The van der Waals surface area contributed by atoms with Crippen molar-refractivity contribution in [1.29, 1.82) is 0 Å². The SMILES string of the molecule is CCCCC(N)(CC)CCOC. The summed E-state index contributed by atoms with van der Waals surface area (Å²) in [5, 5.41) is 0. The molecule has 0 spiro atoms. The zero-order valence-electron chi connectivity index (χ0n) is 8.73. The molecule has 0 radical (unpaired) electrons. The van der Waals surface area contributed by atoms with Crippen molar-refractivity contribution in [3.63, 3.8) is 0 Å². The van der Waals surface area contributed by atoms with Gasteiger partial charge in [0.2, 0.25) is 0 Å². The Balaban J connectivity index is 3.70. The number of rotatable bonds is 7. The predicted octanol–water partition coefficient (Wildman–Crippen LogP) is 2.32. The van der Waals surface area contributed by atoms with Gasteiger partial charge in [-0.15, -0.1) is 0 Å². The van der Waals surface area contributed by atoms with Crippen LogP contribution in [0, 0.1) is 0 Å². The van der Waals surface area contributed by atoms with Gasteiger partial charge in [0.1, 0.15) is 0 Å². The maximum atomic E-state index is 6.19. The molecule has 1 unspecified atom stereocenters. The van der Waals surface area contributed by atoms with Crippen LogP contribution in [0.4, 0.5) is 0 Å². The first-order chi connectivity index (χ1) is 5.68. The van der Waals surface area contributed by atoms with Crippen LogP contribution in [-0.2, 0) is 4.74 Å². The Morgan fingerprint density at radius 2 is 1.92 bits per heavy atom. The molecule has 0 aliphatic carbocycles. The van der Waals surface area contributed by atoms with Crippen LogP contribution in [0.5, 0.6) is 0 Å². The Bertz CT molecular complexity index is 96.0. The van der Waals surface area contributed by atoms with E-state index < -0.39 is 0 Å². The molecule has 0 aliphatic rings. The van der Waals surface area contributed by atoms with Crippen LogP contribution in [0.2, 0.25) is 0 Å². The Morgan fingerprint density at radius 3 is 2.33 bits per heavy atom. The summed E-state index contributed by atoms with van der Waals surface area (Å²) in [6.07, 6.45) is 5.62. The van der Waals surface area contributed by atoms with Crippen molar-refractivity contribution in [3.05, 3.63) is 0 Å². The number of nitrogens with two attached hydrogens (primary N) is 1. The van der Waals surface area contributed by atoms with Crippen molar-refractivity contribution >= 4 is 0 Å².